The molecule has 0 unspecified atom stereocenters. The third kappa shape index (κ3) is 4.18. The predicted octanol–water partition coefficient (Wildman–Crippen LogP) is 3.53. The van der Waals surface area contributed by atoms with Crippen molar-refractivity contribution in [1.29, 1.82) is 0 Å². The van der Waals surface area contributed by atoms with E-state index in [1.54, 1.807) is 25.3 Å². The molecule has 134 valence electrons. The van der Waals surface area contributed by atoms with Crippen molar-refractivity contribution in [2.75, 3.05) is 13.7 Å². The Morgan fingerprint density at radius 3 is 2.65 bits per heavy atom. The second kappa shape index (κ2) is 7.97. The zero-order valence-corrected chi connectivity index (χ0v) is 15.3. The average Bonchev–Trinajstić information content (AvgIpc) is 3.29. The summed E-state index contributed by atoms with van der Waals surface area (Å²) in [6, 6.07) is 13.1. The van der Waals surface area contributed by atoms with Gasteiger partial charge in [0.05, 0.1) is 6.54 Å². The smallest absolute Gasteiger partial charge is 0.361 e. The molecule has 0 fully saturated rings. The van der Waals surface area contributed by atoms with E-state index in [4.69, 9.17) is 9.15 Å². The Kier molecular flexibility index (Phi) is 5.48. The average molecular weight is 370 g/mol. The van der Waals surface area contributed by atoms with Gasteiger partial charge in [-0.3, -0.25) is 4.79 Å². The third-order valence-corrected chi connectivity index (χ3v) is 4.60. The van der Waals surface area contributed by atoms with E-state index in [1.807, 2.05) is 47.8 Å². The molecule has 1 aromatic carbocycles. The highest BCUT2D eigenvalue weighted by molar-refractivity contribution is 7.09. The normalized spacial score (nSPS) is 10.5. The summed E-state index contributed by atoms with van der Waals surface area (Å²) in [7, 11) is 1.67. The van der Waals surface area contributed by atoms with E-state index >= 15 is 0 Å². The second-order valence-corrected chi connectivity index (χ2v) is 6.73. The summed E-state index contributed by atoms with van der Waals surface area (Å²) >= 11 is 1.57. The predicted molar refractivity (Wildman–Crippen MR) is 97.8 cm³/mol. The Morgan fingerprint density at radius 2 is 1.96 bits per heavy atom. The van der Waals surface area contributed by atoms with Crippen LogP contribution in [-0.2, 0) is 16.1 Å². The lowest BCUT2D eigenvalue weighted by Gasteiger charge is -2.15. The van der Waals surface area contributed by atoms with E-state index in [-0.39, 0.29) is 18.2 Å². The van der Waals surface area contributed by atoms with E-state index in [0.717, 1.165) is 10.4 Å². The molecule has 2 aromatic heterocycles. The van der Waals surface area contributed by atoms with Gasteiger partial charge < -0.3 is 14.1 Å². The van der Waals surface area contributed by atoms with Gasteiger partial charge in [-0.1, -0.05) is 24.3 Å². The fraction of sp³-hybridized carbons (Fsp3) is 0.211. The maximum absolute atomic E-state index is 12.2. The van der Waals surface area contributed by atoms with Gasteiger partial charge in [0.25, 0.3) is 5.91 Å². The molecular weight excluding hydrogens is 352 g/mol. The highest BCUT2D eigenvalue weighted by Crippen LogP contribution is 2.21. The van der Waals surface area contributed by atoms with Crippen LogP contribution in [0.25, 0.3) is 11.5 Å². The number of hydrogen-bond acceptors (Lipinski definition) is 6. The molecule has 0 spiro atoms. The van der Waals surface area contributed by atoms with Crippen LogP contribution in [0, 0.1) is 6.92 Å². The number of hydrogen-bond donors (Lipinski definition) is 0. The first-order chi connectivity index (χ1) is 12.5. The Morgan fingerprint density at radius 1 is 1.19 bits per heavy atom. The topological polar surface area (TPSA) is 72.6 Å². The largest absolute Gasteiger partial charge is 0.451 e. The van der Waals surface area contributed by atoms with Crippen LogP contribution in [0.15, 0.2) is 52.3 Å². The van der Waals surface area contributed by atoms with Gasteiger partial charge in [0.2, 0.25) is 5.89 Å². The van der Waals surface area contributed by atoms with Crippen molar-refractivity contribution < 1.29 is 18.7 Å². The Hall–Kier alpha value is -2.93. The Labute approximate surface area is 155 Å². The van der Waals surface area contributed by atoms with Gasteiger partial charge in [-0.15, -0.1) is 11.3 Å². The van der Waals surface area contributed by atoms with Gasteiger partial charge in [0.15, 0.2) is 12.3 Å². The van der Waals surface area contributed by atoms with Crippen LogP contribution >= 0.6 is 11.3 Å². The van der Waals surface area contributed by atoms with Crippen LogP contribution in [0.2, 0.25) is 0 Å². The van der Waals surface area contributed by atoms with Crippen molar-refractivity contribution in [2.45, 2.75) is 13.5 Å². The second-order valence-electron chi connectivity index (χ2n) is 5.70. The number of esters is 1. The minimum absolute atomic E-state index is 0.0811. The summed E-state index contributed by atoms with van der Waals surface area (Å²) in [5, 5.41) is 1.95. The molecule has 0 bridgehead atoms. The molecule has 0 saturated heterocycles. The quantitative estimate of drug-likeness (QED) is 0.621. The molecule has 3 aromatic rings. The summed E-state index contributed by atoms with van der Waals surface area (Å²) in [6.07, 6.45) is 0. The van der Waals surface area contributed by atoms with Gasteiger partial charge in [-0.05, 0) is 30.5 Å². The fourth-order valence-electron chi connectivity index (χ4n) is 2.32. The molecule has 3 rings (SSSR count). The number of benzene rings is 1. The Balaban J connectivity index is 1.60. The number of thiophene rings is 1. The number of aryl methyl sites for hydroxylation is 1. The number of amides is 1. The molecule has 0 saturated carbocycles. The van der Waals surface area contributed by atoms with E-state index < -0.39 is 5.97 Å². The van der Waals surface area contributed by atoms with Crippen LogP contribution in [0.3, 0.4) is 0 Å². The maximum atomic E-state index is 12.2. The van der Waals surface area contributed by atoms with Gasteiger partial charge in [-0.2, -0.15) is 0 Å². The molecule has 0 N–H and O–H groups in total. The molecule has 0 radical (unpaired) electrons. The first kappa shape index (κ1) is 17.9. The molecular formula is C19H18N2O4S. The van der Waals surface area contributed by atoms with Crippen molar-refractivity contribution in [2.24, 2.45) is 0 Å². The standard InChI is InChI=1S/C19H18N2O4S/c1-13-17(20-18(25-13)14-7-4-3-5-8-14)19(23)24-12-16(22)21(2)11-15-9-6-10-26-15/h3-10H,11-12H2,1-2H3. The van der Waals surface area contributed by atoms with Crippen LogP contribution < -0.4 is 0 Å². The summed E-state index contributed by atoms with van der Waals surface area (Å²) in [6.45, 7) is 1.78. The van der Waals surface area contributed by atoms with Crippen molar-refractivity contribution >= 4 is 23.2 Å². The van der Waals surface area contributed by atoms with E-state index in [0.29, 0.717) is 18.2 Å². The maximum Gasteiger partial charge on any atom is 0.361 e. The van der Waals surface area contributed by atoms with E-state index in [1.165, 1.54) is 4.90 Å². The zero-order chi connectivity index (χ0) is 18.5. The van der Waals surface area contributed by atoms with Crippen LogP contribution in [0.5, 0.6) is 0 Å². The van der Waals surface area contributed by atoms with E-state index in [9.17, 15) is 9.59 Å². The lowest BCUT2D eigenvalue weighted by Crippen LogP contribution is -2.30. The van der Waals surface area contributed by atoms with Gasteiger partial charge in [0, 0.05) is 17.5 Å². The molecule has 1 amide bonds. The first-order valence-electron chi connectivity index (χ1n) is 8.01. The molecule has 6 nitrogen and oxygen atoms in total. The van der Waals surface area contributed by atoms with E-state index in [2.05, 4.69) is 4.98 Å². The summed E-state index contributed by atoms with van der Waals surface area (Å²) in [4.78, 5) is 31.1. The third-order valence-electron chi connectivity index (χ3n) is 3.74. The molecule has 0 atom stereocenters. The van der Waals surface area contributed by atoms with Crippen LogP contribution in [0.1, 0.15) is 21.1 Å². The summed E-state index contributed by atoms with van der Waals surface area (Å²) in [5.41, 5.74) is 0.846. The minimum Gasteiger partial charge on any atom is -0.451 e. The number of ether oxygens (including phenoxy) is 1. The molecule has 0 aliphatic heterocycles. The zero-order valence-electron chi connectivity index (χ0n) is 14.5. The fourth-order valence-corrected chi connectivity index (χ4v) is 3.08. The number of carbonyl (C=O) groups is 2. The number of nitrogens with zero attached hydrogens (tertiary/aromatic N) is 2. The number of carbonyl (C=O) groups excluding carboxylic acids is 2. The minimum atomic E-state index is -0.675. The van der Waals surface area contributed by atoms with Crippen molar-refractivity contribution in [3.63, 3.8) is 0 Å². The van der Waals surface area contributed by atoms with Crippen molar-refractivity contribution in [3.8, 4) is 11.5 Å². The highest BCUT2D eigenvalue weighted by atomic mass is 32.1. The van der Waals surface area contributed by atoms with Gasteiger partial charge in [0.1, 0.15) is 5.76 Å². The van der Waals surface area contributed by atoms with Crippen LogP contribution in [0.4, 0.5) is 0 Å². The number of aromatic nitrogens is 1. The molecule has 2 heterocycles. The summed E-state index contributed by atoms with van der Waals surface area (Å²) < 4.78 is 10.7. The van der Waals surface area contributed by atoms with Gasteiger partial charge >= 0.3 is 5.97 Å². The monoisotopic (exact) mass is 370 g/mol. The number of rotatable bonds is 6. The molecule has 26 heavy (non-hydrogen) atoms. The molecule has 0 aliphatic carbocycles. The van der Waals surface area contributed by atoms with Crippen LogP contribution in [-0.4, -0.2) is 35.4 Å². The lowest BCUT2D eigenvalue weighted by atomic mass is 10.2. The molecule has 7 heteroatoms. The SMILES string of the molecule is Cc1oc(-c2ccccc2)nc1C(=O)OCC(=O)N(C)Cc1cccs1. The Bertz CT molecular complexity index is 888. The lowest BCUT2D eigenvalue weighted by molar-refractivity contribution is -0.133. The first-order valence-corrected chi connectivity index (χ1v) is 8.89. The highest BCUT2D eigenvalue weighted by Gasteiger charge is 2.21. The van der Waals surface area contributed by atoms with Crippen molar-refractivity contribution in [3.05, 3.63) is 64.2 Å². The number of likely N-dealkylation sites (N-methyl/N-ethyl adjacent to an activating group) is 1. The van der Waals surface area contributed by atoms with Gasteiger partial charge in [-0.25, -0.2) is 9.78 Å². The molecule has 0 aliphatic rings. The van der Waals surface area contributed by atoms with Crippen molar-refractivity contribution in [1.82, 2.24) is 9.88 Å². The number of oxazole rings is 1. The summed E-state index contributed by atoms with van der Waals surface area (Å²) in [5.74, 6) is -0.257.